The molecule has 0 saturated heterocycles. The zero-order valence-electron chi connectivity index (χ0n) is 15.0. The number of nitrogens with zero attached hydrogens (tertiary/aromatic N) is 3. The minimum absolute atomic E-state index is 0.635. The molecule has 0 unspecified atom stereocenters. The van der Waals surface area contributed by atoms with Gasteiger partial charge in [-0.1, -0.05) is 72.8 Å². The molecule has 5 rings (SSSR count). The summed E-state index contributed by atoms with van der Waals surface area (Å²) in [5, 5.41) is 15.8. The van der Waals surface area contributed by atoms with E-state index in [9.17, 15) is 0 Å². The molecule has 0 fully saturated rings. The zero-order valence-corrected chi connectivity index (χ0v) is 15.0. The quantitative estimate of drug-likeness (QED) is 0.340. The van der Waals surface area contributed by atoms with Crippen LogP contribution < -0.4 is 5.43 Å². The molecule has 5 nitrogen and oxygen atoms in total. The number of benzene rings is 3. The van der Waals surface area contributed by atoms with Crippen LogP contribution in [0.5, 0.6) is 0 Å². The first-order chi connectivity index (χ1) is 13.9. The number of nitrogens with one attached hydrogen (secondary N) is 2. The van der Waals surface area contributed by atoms with Gasteiger partial charge in [-0.3, -0.25) is 5.43 Å². The van der Waals surface area contributed by atoms with Crippen LogP contribution in [0.1, 0.15) is 5.56 Å². The lowest BCUT2D eigenvalue weighted by Gasteiger charge is -2.04. The van der Waals surface area contributed by atoms with Crippen LogP contribution >= 0.6 is 0 Å². The van der Waals surface area contributed by atoms with E-state index < -0.39 is 0 Å². The van der Waals surface area contributed by atoms with Crippen molar-refractivity contribution < 1.29 is 0 Å². The molecule has 2 heterocycles. The summed E-state index contributed by atoms with van der Waals surface area (Å²) in [4.78, 5) is 3.51. The standard InChI is InChI=1S/C23H17N5/c1-2-8-16(9-3-1)22-20(19-12-6-7-13-21(19)26-22)15-25-28-23-18-11-5-4-10-17(18)14-24-27-23/h1-15,26H,(H,27,28)/b25-15+. The van der Waals surface area contributed by atoms with Crippen LogP contribution in [0.2, 0.25) is 0 Å². The molecule has 134 valence electrons. The summed E-state index contributed by atoms with van der Waals surface area (Å²) in [5.74, 6) is 0.635. The topological polar surface area (TPSA) is 66.0 Å². The van der Waals surface area contributed by atoms with Crippen molar-refractivity contribution in [3.05, 3.63) is 90.6 Å². The number of hydrogen-bond donors (Lipinski definition) is 2. The molecule has 0 radical (unpaired) electrons. The first kappa shape index (κ1) is 16.2. The second-order valence-corrected chi connectivity index (χ2v) is 6.48. The fraction of sp³-hybridized carbons (Fsp3) is 0. The number of hydrazone groups is 1. The second kappa shape index (κ2) is 6.96. The molecule has 0 bridgehead atoms. The molecule has 0 atom stereocenters. The van der Waals surface area contributed by atoms with Gasteiger partial charge in [0, 0.05) is 27.2 Å². The number of anilines is 1. The van der Waals surface area contributed by atoms with Gasteiger partial charge in [-0.25, -0.2) is 0 Å². The Morgan fingerprint density at radius 1 is 0.821 bits per heavy atom. The summed E-state index contributed by atoms with van der Waals surface area (Å²) < 4.78 is 0. The smallest absolute Gasteiger partial charge is 0.176 e. The lowest BCUT2D eigenvalue weighted by atomic mass is 10.1. The van der Waals surface area contributed by atoms with E-state index >= 15 is 0 Å². The highest BCUT2D eigenvalue weighted by Crippen LogP contribution is 2.29. The third-order valence-corrected chi connectivity index (χ3v) is 4.74. The van der Waals surface area contributed by atoms with Crippen LogP contribution in [0.25, 0.3) is 32.9 Å². The monoisotopic (exact) mass is 363 g/mol. The summed E-state index contributed by atoms with van der Waals surface area (Å²) in [6, 6.07) is 26.5. The van der Waals surface area contributed by atoms with E-state index in [0.717, 1.165) is 38.5 Å². The van der Waals surface area contributed by atoms with Crippen LogP contribution in [-0.4, -0.2) is 21.4 Å². The Labute approximate surface area is 161 Å². The summed E-state index contributed by atoms with van der Waals surface area (Å²) in [6.45, 7) is 0. The zero-order chi connectivity index (χ0) is 18.8. The Balaban J connectivity index is 1.56. The molecule has 0 saturated carbocycles. The van der Waals surface area contributed by atoms with Gasteiger partial charge in [0.25, 0.3) is 0 Å². The average Bonchev–Trinajstić information content (AvgIpc) is 3.13. The van der Waals surface area contributed by atoms with Crippen molar-refractivity contribution in [2.45, 2.75) is 0 Å². The number of hydrogen-bond acceptors (Lipinski definition) is 4. The summed E-state index contributed by atoms with van der Waals surface area (Å²) in [6.07, 6.45) is 3.59. The first-order valence-corrected chi connectivity index (χ1v) is 9.06. The molecule has 2 aromatic heterocycles. The highest BCUT2D eigenvalue weighted by Gasteiger charge is 2.11. The minimum Gasteiger partial charge on any atom is -0.354 e. The highest BCUT2D eigenvalue weighted by atomic mass is 15.3. The Morgan fingerprint density at radius 2 is 1.57 bits per heavy atom. The van der Waals surface area contributed by atoms with Crippen molar-refractivity contribution in [2.24, 2.45) is 5.10 Å². The molecule has 0 aliphatic heterocycles. The van der Waals surface area contributed by atoms with Gasteiger partial charge >= 0.3 is 0 Å². The van der Waals surface area contributed by atoms with Gasteiger partial charge in [-0.15, -0.1) is 5.10 Å². The maximum absolute atomic E-state index is 4.47. The van der Waals surface area contributed by atoms with Crippen molar-refractivity contribution in [1.29, 1.82) is 0 Å². The lowest BCUT2D eigenvalue weighted by molar-refractivity contribution is 1.04. The molecule has 0 spiro atoms. The maximum atomic E-state index is 4.47. The van der Waals surface area contributed by atoms with Gasteiger partial charge < -0.3 is 4.98 Å². The van der Waals surface area contributed by atoms with Gasteiger partial charge in [0.15, 0.2) is 5.82 Å². The molecule has 3 aromatic carbocycles. The fourth-order valence-electron chi connectivity index (χ4n) is 3.40. The summed E-state index contributed by atoms with van der Waals surface area (Å²) in [5.41, 5.74) is 7.31. The van der Waals surface area contributed by atoms with Crippen molar-refractivity contribution in [3.63, 3.8) is 0 Å². The van der Waals surface area contributed by atoms with Crippen LogP contribution in [0.15, 0.2) is 90.2 Å². The number of para-hydroxylation sites is 1. The van der Waals surface area contributed by atoms with E-state index in [1.165, 1.54) is 0 Å². The normalized spacial score (nSPS) is 11.4. The number of fused-ring (bicyclic) bond motifs is 2. The van der Waals surface area contributed by atoms with Crippen LogP contribution in [0.3, 0.4) is 0 Å². The Morgan fingerprint density at radius 3 is 2.46 bits per heavy atom. The molecule has 0 aliphatic rings. The van der Waals surface area contributed by atoms with Gasteiger partial charge in [0.05, 0.1) is 18.1 Å². The molecular weight excluding hydrogens is 346 g/mol. The molecule has 5 heteroatoms. The fourth-order valence-corrected chi connectivity index (χ4v) is 3.40. The van der Waals surface area contributed by atoms with Crippen LogP contribution in [0, 0.1) is 0 Å². The van der Waals surface area contributed by atoms with E-state index in [0.29, 0.717) is 5.82 Å². The molecular formula is C23H17N5. The van der Waals surface area contributed by atoms with E-state index in [1.807, 2.05) is 60.8 Å². The molecule has 28 heavy (non-hydrogen) atoms. The van der Waals surface area contributed by atoms with Crippen molar-refractivity contribution in [2.75, 3.05) is 5.43 Å². The Hall–Kier alpha value is -3.99. The minimum atomic E-state index is 0.635. The van der Waals surface area contributed by atoms with E-state index in [4.69, 9.17) is 0 Å². The highest BCUT2D eigenvalue weighted by molar-refractivity contribution is 6.06. The first-order valence-electron chi connectivity index (χ1n) is 9.06. The molecule has 5 aromatic rings. The Kier molecular flexibility index (Phi) is 4.03. The van der Waals surface area contributed by atoms with Gasteiger partial charge in [0.2, 0.25) is 0 Å². The predicted molar refractivity (Wildman–Crippen MR) is 114 cm³/mol. The Bertz CT molecular complexity index is 1280. The van der Waals surface area contributed by atoms with E-state index in [2.05, 4.69) is 50.0 Å². The van der Waals surface area contributed by atoms with Crippen LogP contribution in [-0.2, 0) is 0 Å². The number of H-pyrrole nitrogens is 1. The van der Waals surface area contributed by atoms with Crippen molar-refractivity contribution in [1.82, 2.24) is 15.2 Å². The number of aromatic amines is 1. The largest absolute Gasteiger partial charge is 0.354 e. The molecule has 2 N–H and O–H groups in total. The predicted octanol–water partition coefficient (Wildman–Crippen LogP) is 5.22. The number of rotatable bonds is 4. The van der Waals surface area contributed by atoms with Crippen molar-refractivity contribution >= 4 is 33.7 Å². The maximum Gasteiger partial charge on any atom is 0.176 e. The third kappa shape index (κ3) is 2.89. The molecule has 0 amide bonds. The van der Waals surface area contributed by atoms with Gasteiger partial charge in [-0.05, 0) is 11.6 Å². The van der Waals surface area contributed by atoms with Gasteiger partial charge in [-0.2, -0.15) is 10.2 Å². The third-order valence-electron chi connectivity index (χ3n) is 4.74. The van der Waals surface area contributed by atoms with Gasteiger partial charge in [0.1, 0.15) is 0 Å². The second-order valence-electron chi connectivity index (χ2n) is 6.48. The lowest BCUT2D eigenvalue weighted by Crippen LogP contribution is -1.97. The SMILES string of the molecule is C(=N\Nc1nncc2ccccc12)/c1c(-c2ccccc2)[nH]c2ccccc12. The summed E-state index contributed by atoms with van der Waals surface area (Å²) in [7, 11) is 0. The van der Waals surface area contributed by atoms with Crippen molar-refractivity contribution in [3.8, 4) is 11.3 Å². The number of aromatic nitrogens is 3. The van der Waals surface area contributed by atoms with E-state index in [1.54, 1.807) is 6.20 Å². The van der Waals surface area contributed by atoms with E-state index in [-0.39, 0.29) is 0 Å². The summed E-state index contributed by atoms with van der Waals surface area (Å²) >= 11 is 0. The molecule has 0 aliphatic carbocycles. The van der Waals surface area contributed by atoms with Crippen LogP contribution in [0.4, 0.5) is 5.82 Å². The average molecular weight is 363 g/mol.